The van der Waals surface area contributed by atoms with Crippen LogP contribution in [0.5, 0.6) is 11.5 Å². The van der Waals surface area contributed by atoms with Gasteiger partial charge in [-0.15, -0.1) is 0 Å². The molecule has 186 valence electrons. The molecular weight excluding hydrogens is 472 g/mol. The number of benzene rings is 1. The average molecular weight is 500 g/mol. The van der Waals surface area contributed by atoms with E-state index in [0.717, 1.165) is 18.5 Å². The zero-order valence-corrected chi connectivity index (χ0v) is 20.1. The highest BCUT2D eigenvalue weighted by Gasteiger charge is 2.28. The molecule has 1 N–H and O–H groups in total. The van der Waals surface area contributed by atoms with E-state index in [1.54, 1.807) is 18.7 Å². The summed E-state index contributed by atoms with van der Waals surface area (Å²) in [4.78, 5) is 17.4. The number of anilines is 2. The van der Waals surface area contributed by atoms with Crippen LogP contribution in [0.25, 0.3) is 0 Å². The molecule has 1 aromatic heterocycles. The number of carbonyl (C=O) groups is 1. The Hall–Kier alpha value is -3.15. The van der Waals surface area contributed by atoms with E-state index in [1.165, 1.54) is 19.2 Å². The number of pyridine rings is 1. The predicted octanol–water partition coefficient (Wildman–Crippen LogP) is 3.90. The van der Waals surface area contributed by atoms with Crippen molar-refractivity contribution in [2.75, 3.05) is 31.8 Å². The molecular formula is C22H27F2N3O6S. The van der Waals surface area contributed by atoms with Gasteiger partial charge in [0.15, 0.2) is 21.5 Å². The van der Waals surface area contributed by atoms with E-state index >= 15 is 0 Å². The molecule has 1 aliphatic heterocycles. The molecule has 1 aliphatic rings. The quantitative estimate of drug-likeness (QED) is 0.611. The van der Waals surface area contributed by atoms with Crippen LogP contribution < -0.4 is 14.8 Å². The van der Waals surface area contributed by atoms with Gasteiger partial charge in [0.2, 0.25) is 11.5 Å². The number of likely N-dealkylation sites (tertiary alicyclic amines) is 1. The van der Waals surface area contributed by atoms with Crippen molar-refractivity contribution in [1.29, 1.82) is 0 Å². The summed E-state index contributed by atoms with van der Waals surface area (Å²) in [5, 5.41) is 2.69. The van der Waals surface area contributed by atoms with Crippen molar-refractivity contribution in [3.8, 4) is 11.5 Å². The summed E-state index contributed by atoms with van der Waals surface area (Å²) in [6.07, 6.45) is 1.75. The molecule has 9 nitrogen and oxygen atoms in total. The summed E-state index contributed by atoms with van der Waals surface area (Å²) < 4.78 is 68.7. The van der Waals surface area contributed by atoms with Crippen LogP contribution in [0.3, 0.4) is 0 Å². The number of carbonyl (C=O) groups excluding carboxylic acids is 1. The first-order valence-corrected chi connectivity index (χ1v) is 12.5. The molecule has 1 amide bonds. The van der Waals surface area contributed by atoms with Gasteiger partial charge in [-0.2, -0.15) is 0 Å². The number of amides is 1. The lowest BCUT2D eigenvalue weighted by molar-refractivity contribution is 0.0501. The van der Waals surface area contributed by atoms with E-state index in [-0.39, 0.29) is 34.0 Å². The molecule has 0 bridgehead atoms. The molecule has 0 spiro atoms. The highest BCUT2D eigenvalue weighted by atomic mass is 32.2. The van der Waals surface area contributed by atoms with Crippen molar-refractivity contribution >= 4 is 27.4 Å². The Morgan fingerprint density at radius 2 is 1.85 bits per heavy atom. The van der Waals surface area contributed by atoms with Gasteiger partial charge in [-0.1, -0.05) is 0 Å². The Bertz CT molecular complexity index is 1150. The SMILES string of the molecule is COc1c(Nc2ccc(S(C)(=O)=O)cc2F)ncc(F)c1OC1CCN(C(=O)OC(C)C)CC1. The topological polar surface area (TPSA) is 107 Å². The standard InChI is InChI=1S/C22H27F2N3O6S/c1-13(2)32-22(28)27-9-7-14(8-10-27)33-19-17(24)12-25-21(20(19)31-3)26-18-6-5-15(11-16(18)23)34(4,29)30/h5-6,11-14H,7-10H2,1-4H3,(H,25,26). The number of hydrogen-bond acceptors (Lipinski definition) is 8. The molecule has 1 saturated heterocycles. The smallest absolute Gasteiger partial charge is 0.410 e. The Balaban J connectivity index is 1.76. The lowest BCUT2D eigenvalue weighted by Crippen LogP contribution is -2.42. The van der Waals surface area contributed by atoms with E-state index in [9.17, 15) is 22.0 Å². The lowest BCUT2D eigenvalue weighted by atomic mass is 10.1. The van der Waals surface area contributed by atoms with Crippen LogP contribution in [-0.2, 0) is 14.6 Å². The third kappa shape index (κ3) is 6.04. The van der Waals surface area contributed by atoms with Crippen LogP contribution in [0.4, 0.5) is 25.1 Å². The van der Waals surface area contributed by atoms with Crippen molar-refractivity contribution in [3.63, 3.8) is 0 Å². The number of methoxy groups -OCH3 is 1. The molecule has 1 fully saturated rings. The summed E-state index contributed by atoms with van der Waals surface area (Å²) in [6.45, 7) is 4.30. The van der Waals surface area contributed by atoms with Crippen LogP contribution in [0, 0.1) is 11.6 Å². The minimum Gasteiger partial charge on any atom is -0.490 e. The maximum atomic E-state index is 14.6. The highest BCUT2D eigenvalue weighted by Crippen LogP contribution is 2.39. The molecule has 0 atom stereocenters. The molecule has 2 aromatic rings. The fraction of sp³-hybridized carbons (Fsp3) is 0.455. The number of rotatable bonds is 7. The van der Waals surface area contributed by atoms with Crippen LogP contribution in [0.1, 0.15) is 26.7 Å². The zero-order valence-electron chi connectivity index (χ0n) is 19.3. The third-order valence-electron chi connectivity index (χ3n) is 5.09. The zero-order chi connectivity index (χ0) is 25.0. The maximum Gasteiger partial charge on any atom is 0.410 e. The second-order valence-electron chi connectivity index (χ2n) is 8.09. The number of piperidine rings is 1. The van der Waals surface area contributed by atoms with E-state index in [4.69, 9.17) is 14.2 Å². The van der Waals surface area contributed by atoms with Crippen molar-refractivity contribution in [3.05, 3.63) is 36.0 Å². The first-order valence-electron chi connectivity index (χ1n) is 10.6. The Labute approximate surface area is 196 Å². The van der Waals surface area contributed by atoms with Crippen molar-refractivity contribution in [2.45, 2.75) is 43.8 Å². The second-order valence-corrected chi connectivity index (χ2v) is 10.1. The number of sulfone groups is 1. The average Bonchev–Trinajstić information content (AvgIpc) is 2.76. The summed E-state index contributed by atoms with van der Waals surface area (Å²) >= 11 is 0. The van der Waals surface area contributed by atoms with Gasteiger partial charge in [0, 0.05) is 32.2 Å². The maximum absolute atomic E-state index is 14.6. The number of aromatic nitrogens is 1. The molecule has 3 rings (SSSR count). The van der Waals surface area contributed by atoms with E-state index < -0.39 is 33.7 Å². The first kappa shape index (κ1) is 25.5. The van der Waals surface area contributed by atoms with Crippen molar-refractivity contribution in [2.24, 2.45) is 0 Å². The van der Waals surface area contributed by atoms with Crippen molar-refractivity contribution in [1.82, 2.24) is 9.88 Å². The second kappa shape index (κ2) is 10.4. The van der Waals surface area contributed by atoms with Gasteiger partial charge in [-0.25, -0.2) is 27.0 Å². The molecule has 1 aromatic carbocycles. The fourth-order valence-corrected chi connectivity index (χ4v) is 4.03. The summed E-state index contributed by atoms with van der Waals surface area (Å²) in [7, 11) is -2.29. The van der Waals surface area contributed by atoms with Gasteiger partial charge in [0.05, 0.1) is 30.0 Å². The highest BCUT2D eigenvalue weighted by molar-refractivity contribution is 7.90. The van der Waals surface area contributed by atoms with Gasteiger partial charge in [0.1, 0.15) is 11.9 Å². The molecule has 0 radical (unpaired) electrons. The number of halogens is 2. The number of hydrogen-bond donors (Lipinski definition) is 1. The molecule has 34 heavy (non-hydrogen) atoms. The normalized spacial score (nSPS) is 14.7. The fourth-order valence-electron chi connectivity index (χ4n) is 3.40. The number of ether oxygens (including phenoxy) is 3. The summed E-state index contributed by atoms with van der Waals surface area (Å²) in [5.74, 6) is -1.89. The van der Waals surface area contributed by atoms with Gasteiger partial charge in [0.25, 0.3) is 0 Å². The summed E-state index contributed by atoms with van der Waals surface area (Å²) in [6, 6.07) is 3.36. The molecule has 0 saturated carbocycles. The van der Waals surface area contributed by atoms with Crippen LogP contribution in [0.15, 0.2) is 29.3 Å². The lowest BCUT2D eigenvalue weighted by Gasteiger charge is -2.32. The van der Waals surface area contributed by atoms with Crippen LogP contribution in [0.2, 0.25) is 0 Å². The van der Waals surface area contributed by atoms with Crippen LogP contribution in [-0.4, -0.2) is 63.1 Å². The van der Waals surface area contributed by atoms with E-state index in [1.807, 2.05) is 0 Å². The number of nitrogens with zero attached hydrogens (tertiary/aromatic N) is 2. The minimum atomic E-state index is -3.58. The third-order valence-corrected chi connectivity index (χ3v) is 6.20. The van der Waals surface area contributed by atoms with Gasteiger partial charge < -0.3 is 24.4 Å². The molecule has 2 heterocycles. The van der Waals surface area contributed by atoms with Gasteiger partial charge in [-0.3, -0.25) is 0 Å². The van der Waals surface area contributed by atoms with Crippen molar-refractivity contribution < 1.29 is 36.2 Å². The largest absolute Gasteiger partial charge is 0.490 e. The van der Waals surface area contributed by atoms with Gasteiger partial charge >= 0.3 is 6.09 Å². The summed E-state index contributed by atoms with van der Waals surface area (Å²) in [5.41, 5.74) is -0.0762. The molecule has 0 aliphatic carbocycles. The minimum absolute atomic E-state index is 0.0112. The first-order chi connectivity index (χ1) is 16.0. The Morgan fingerprint density at radius 1 is 1.18 bits per heavy atom. The van der Waals surface area contributed by atoms with Gasteiger partial charge in [-0.05, 0) is 32.0 Å². The Kier molecular flexibility index (Phi) is 7.80. The predicted molar refractivity (Wildman–Crippen MR) is 120 cm³/mol. The molecule has 0 unspecified atom stereocenters. The molecule has 12 heteroatoms. The monoisotopic (exact) mass is 499 g/mol. The van der Waals surface area contributed by atoms with Crippen LogP contribution >= 0.6 is 0 Å². The Morgan fingerprint density at radius 3 is 2.41 bits per heavy atom. The number of nitrogens with one attached hydrogen (secondary N) is 1. The van der Waals surface area contributed by atoms with E-state index in [2.05, 4.69) is 10.3 Å². The van der Waals surface area contributed by atoms with E-state index in [0.29, 0.717) is 25.9 Å².